The smallest absolute Gasteiger partial charge is 0.271 e. The molecule has 1 aliphatic rings. The van der Waals surface area contributed by atoms with Crippen LogP contribution in [0.4, 0.5) is 0 Å². The summed E-state index contributed by atoms with van der Waals surface area (Å²) >= 11 is 0. The number of phenolic OH excluding ortho intramolecular Hbond substituents is 1. The second kappa shape index (κ2) is 11.0. The lowest BCUT2D eigenvalue weighted by atomic mass is 9.91. The molecule has 5 rings (SSSR count). The summed E-state index contributed by atoms with van der Waals surface area (Å²) < 4.78 is 0. The Bertz CT molecular complexity index is 1680. The number of amides is 3. The number of imide groups is 1. The van der Waals surface area contributed by atoms with Gasteiger partial charge in [-0.3, -0.25) is 19.3 Å². The van der Waals surface area contributed by atoms with E-state index in [2.05, 4.69) is 22.4 Å². The van der Waals surface area contributed by atoms with Crippen LogP contribution in [0.5, 0.6) is 5.75 Å². The van der Waals surface area contributed by atoms with E-state index in [4.69, 9.17) is 0 Å². The highest BCUT2D eigenvalue weighted by Crippen LogP contribution is 2.32. The predicted octanol–water partition coefficient (Wildman–Crippen LogP) is 5.11. The van der Waals surface area contributed by atoms with Crippen molar-refractivity contribution in [1.29, 1.82) is 0 Å². The number of nitrogens with one attached hydrogen (secondary N) is 1. The van der Waals surface area contributed by atoms with E-state index < -0.39 is 0 Å². The van der Waals surface area contributed by atoms with E-state index in [-0.39, 0.29) is 23.5 Å². The molecule has 192 valence electrons. The van der Waals surface area contributed by atoms with Gasteiger partial charge in [0.05, 0.1) is 6.21 Å². The molecule has 3 amide bonds. The van der Waals surface area contributed by atoms with Crippen molar-refractivity contribution in [3.63, 3.8) is 0 Å². The van der Waals surface area contributed by atoms with Gasteiger partial charge in [0, 0.05) is 45.3 Å². The lowest BCUT2D eigenvalue weighted by Crippen LogP contribution is -2.40. The van der Waals surface area contributed by atoms with Gasteiger partial charge < -0.3 is 5.11 Å². The Hall–Kier alpha value is -5.22. The maximum Gasteiger partial charge on any atom is 0.271 e. The van der Waals surface area contributed by atoms with Gasteiger partial charge in [-0.25, -0.2) is 5.43 Å². The summed E-state index contributed by atoms with van der Waals surface area (Å²) in [6.07, 6.45) is 2.99. The molecule has 0 unspecified atom stereocenters. The van der Waals surface area contributed by atoms with Gasteiger partial charge in [0.2, 0.25) is 0 Å². The molecule has 7 nitrogen and oxygen atoms in total. The number of hydrazone groups is 1. The minimum Gasteiger partial charge on any atom is -0.507 e. The maximum absolute atomic E-state index is 13.1. The van der Waals surface area contributed by atoms with E-state index in [0.717, 1.165) is 18.2 Å². The third kappa shape index (κ3) is 5.13. The number of aromatic hydroxyl groups is 1. The van der Waals surface area contributed by atoms with Crippen LogP contribution in [0.1, 0.15) is 67.5 Å². The standard InChI is InChI=1S/C32H25N3O4/c1-2-3-18-35-31(38)26-11-7-10-25-22(15-16-27(29(25)26)32(35)39)14-12-21-13-17-28(36)24(19-21)20-33-34-30(37)23-8-5-4-6-9-23/h4-11,13,15-17,19-20,36H,2-3,18H2,1H3,(H,34,37)/b33-20+. The quantitative estimate of drug-likeness (QED) is 0.161. The fourth-order valence-electron chi connectivity index (χ4n) is 4.46. The van der Waals surface area contributed by atoms with Crippen LogP contribution >= 0.6 is 0 Å². The van der Waals surface area contributed by atoms with Crippen LogP contribution in [0.3, 0.4) is 0 Å². The fraction of sp³-hybridized carbons (Fsp3) is 0.125. The first-order valence-corrected chi connectivity index (χ1v) is 12.6. The predicted molar refractivity (Wildman–Crippen MR) is 150 cm³/mol. The van der Waals surface area contributed by atoms with E-state index in [9.17, 15) is 19.5 Å². The van der Waals surface area contributed by atoms with E-state index >= 15 is 0 Å². The first kappa shape index (κ1) is 25.4. The Morgan fingerprint density at radius 3 is 2.49 bits per heavy atom. The Kier molecular flexibility index (Phi) is 7.19. The largest absolute Gasteiger partial charge is 0.507 e. The lowest BCUT2D eigenvalue weighted by molar-refractivity contribution is 0.0608. The van der Waals surface area contributed by atoms with Crippen molar-refractivity contribution in [2.45, 2.75) is 19.8 Å². The second-order valence-corrected chi connectivity index (χ2v) is 9.09. The first-order chi connectivity index (χ1) is 19.0. The summed E-state index contributed by atoms with van der Waals surface area (Å²) in [6.45, 7) is 2.42. The van der Waals surface area contributed by atoms with Gasteiger partial charge >= 0.3 is 0 Å². The molecular formula is C32H25N3O4. The molecule has 0 spiro atoms. The van der Waals surface area contributed by atoms with E-state index in [1.807, 2.05) is 19.1 Å². The lowest BCUT2D eigenvalue weighted by Gasteiger charge is -2.27. The van der Waals surface area contributed by atoms with Crippen molar-refractivity contribution in [2.75, 3.05) is 6.54 Å². The monoisotopic (exact) mass is 515 g/mol. The van der Waals surface area contributed by atoms with Crippen molar-refractivity contribution < 1.29 is 19.5 Å². The molecule has 2 N–H and O–H groups in total. The molecular weight excluding hydrogens is 490 g/mol. The average Bonchev–Trinajstić information content (AvgIpc) is 2.96. The molecule has 4 aromatic carbocycles. The fourth-order valence-corrected chi connectivity index (χ4v) is 4.46. The van der Waals surface area contributed by atoms with Crippen molar-refractivity contribution in [3.05, 3.63) is 112 Å². The number of hydrogen-bond donors (Lipinski definition) is 2. The van der Waals surface area contributed by atoms with Crippen molar-refractivity contribution >= 4 is 34.7 Å². The number of benzene rings is 4. The summed E-state index contributed by atoms with van der Waals surface area (Å²) in [4.78, 5) is 39.7. The molecule has 4 aromatic rings. The third-order valence-corrected chi connectivity index (χ3v) is 6.50. The summed E-state index contributed by atoms with van der Waals surface area (Å²) in [5.41, 5.74) is 5.59. The molecule has 1 heterocycles. The number of unbranched alkanes of at least 4 members (excludes halogenated alkanes) is 1. The highest BCUT2D eigenvalue weighted by atomic mass is 16.3. The average molecular weight is 516 g/mol. The minimum atomic E-state index is -0.365. The van der Waals surface area contributed by atoms with E-state index in [1.165, 1.54) is 17.2 Å². The number of hydrogen-bond acceptors (Lipinski definition) is 5. The molecule has 0 aromatic heterocycles. The maximum atomic E-state index is 13.1. The molecule has 7 heteroatoms. The molecule has 0 fully saturated rings. The Balaban J connectivity index is 1.42. The highest BCUT2D eigenvalue weighted by Gasteiger charge is 2.32. The number of rotatable bonds is 6. The van der Waals surface area contributed by atoms with Gasteiger partial charge in [-0.05, 0) is 60.3 Å². The molecule has 0 atom stereocenters. The van der Waals surface area contributed by atoms with Crippen LogP contribution in [0.15, 0.2) is 84.0 Å². The molecule has 0 saturated carbocycles. The summed E-state index contributed by atoms with van der Waals surface area (Å²) in [5, 5.41) is 15.6. The normalized spacial score (nSPS) is 12.5. The Labute approximate surface area is 225 Å². The Morgan fingerprint density at radius 2 is 1.72 bits per heavy atom. The van der Waals surface area contributed by atoms with Crippen LogP contribution < -0.4 is 5.43 Å². The van der Waals surface area contributed by atoms with Gasteiger partial charge in [0.25, 0.3) is 17.7 Å². The van der Waals surface area contributed by atoms with Crippen LogP contribution in [0, 0.1) is 11.8 Å². The zero-order valence-electron chi connectivity index (χ0n) is 21.3. The zero-order valence-corrected chi connectivity index (χ0v) is 21.3. The van der Waals surface area contributed by atoms with Gasteiger partial charge in [-0.15, -0.1) is 0 Å². The Morgan fingerprint density at radius 1 is 0.949 bits per heavy atom. The minimum absolute atomic E-state index is 0.00972. The zero-order chi connectivity index (χ0) is 27.4. The highest BCUT2D eigenvalue weighted by molar-refractivity contribution is 6.26. The van der Waals surface area contributed by atoms with Crippen LogP contribution in [-0.4, -0.2) is 40.5 Å². The van der Waals surface area contributed by atoms with Gasteiger partial charge in [-0.2, -0.15) is 5.10 Å². The van der Waals surface area contributed by atoms with Crippen LogP contribution in [0.25, 0.3) is 10.8 Å². The summed E-state index contributed by atoms with van der Waals surface area (Å²) in [5.74, 6) is 5.30. The summed E-state index contributed by atoms with van der Waals surface area (Å²) in [6, 6.07) is 22.5. The van der Waals surface area contributed by atoms with Crippen molar-refractivity contribution in [2.24, 2.45) is 5.10 Å². The van der Waals surface area contributed by atoms with Gasteiger partial charge in [0.15, 0.2) is 0 Å². The third-order valence-electron chi connectivity index (χ3n) is 6.50. The molecule has 0 radical (unpaired) electrons. The number of nitrogens with zero attached hydrogens (tertiary/aromatic N) is 2. The number of carbonyl (C=O) groups is 3. The van der Waals surface area contributed by atoms with Crippen LogP contribution in [-0.2, 0) is 0 Å². The molecule has 1 aliphatic heterocycles. The van der Waals surface area contributed by atoms with Gasteiger partial charge in [-0.1, -0.05) is 55.5 Å². The molecule has 0 bridgehead atoms. The summed E-state index contributed by atoms with van der Waals surface area (Å²) in [7, 11) is 0. The SMILES string of the molecule is CCCCN1C(=O)c2cccc3c(C#Cc4ccc(O)c(/C=N/NC(=O)c5ccccc5)c4)ccc(c23)C1=O. The first-order valence-electron chi connectivity index (χ1n) is 12.6. The molecule has 39 heavy (non-hydrogen) atoms. The van der Waals surface area contributed by atoms with Crippen LogP contribution in [0.2, 0.25) is 0 Å². The van der Waals surface area contributed by atoms with Crippen molar-refractivity contribution in [3.8, 4) is 17.6 Å². The number of phenols is 1. The van der Waals surface area contributed by atoms with E-state index in [0.29, 0.717) is 45.3 Å². The number of carbonyl (C=O) groups excluding carboxylic acids is 3. The molecule has 0 saturated heterocycles. The van der Waals surface area contributed by atoms with E-state index in [1.54, 1.807) is 60.7 Å². The second-order valence-electron chi connectivity index (χ2n) is 9.09. The topological polar surface area (TPSA) is 99.1 Å². The molecule has 0 aliphatic carbocycles. The van der Waals surface area contributed by atoms with Crippen molar-refractivity contribution in [1.82, 2.24) is 10.3 Å². The van der Waals surface area contributed by atoms with Gasteiger partial charge in [0.1, 0.15) is 5.75 Å².